The molecule has 0 unspecified atom stereocenters. The molecular weight excluding hydrogens is 356 g/mol. The third kappa shape index (κ3) is 5.44. The molecule has 0 saturated carbocycles. The van der Waals surface area contributed by atoms with E-state index in [4.69, 9.17) is 4.42 Å². The fourth-order valence-corrected chi connectivity index (χ4v) is 3.23. The maximum atomic E-state index is 5.71. The van der Waals surface area contributed by atoms with Gasteiger partial charge in [-0.2, -0.15) is 0 Å². The van der Waals surface area contributed by atoms with Crippen LogP contribution in [0.4, 0.5) is 11.4 Å². The van der Waals surface area contributed by atoms with Gasteiger partial charge in [0, 0.05) is 37.3 Å². The molecule has 27 heavy (non-hydrogen) atoms. The van der Waals surface area contributed by atoms with Crippen LogP contribution in [-0.2, 0) is 0 Å². The van der Waals surface area contributed by atoms with E-state index in [0.29, 0.717) is 11.1 Å². The quantitative estimate of drug-likeness (QED) is 0.296. The molecule has 0 amide bonds. The lowest BCUT2D eigenvalue weighted by Crippen LogP contribution is -2.08. The van der Waals surface area contributed by atoms with E-state index in [1.165, 1.54) is 5.69 Å². The van der Waals surface area contributed by atoms with Gasteiger partial charge < -0.3 is 9.32 Å². The van der Waals surface area contributed by atoms with Crippen LogP contribution in [-0.4, -0.2) is 36.3 Å². The molecule has 0 N–H and O–H groups in total. The topological polar surface area (TPSA) is 54.5 Å². The zero-order valence-corrected chi connectivity index (χ0v) is 16.7. The molecule has 3 rings (SSSR count). The van der Waals surface area contributed by atoms with Crippen LogP contribution < -0.4 is 4.90 Å². The highest BCUT2D eigenvalue weighted by molar-refractivity contribution is 7.99. The Labute approximate surface area is 164 Å². The first-order valence-electron chi connectivity index (χ1n) is 9.04. The number of rotatable bonds is 8. The lowest BCUT2D eigenvalue weighted by Gasteiger charge is -2.11. The van der Waals surface area contributed by atoms with Crippen LogP contribution in [0.2, 0.25) is 0 Å². The first kappa shape index (κ1) is 19.2. The number of hydrogen-bond acceptors (Lipinski definition) is 6. The average molecular weight is 381 g/mol. The van der Waals surface area contributed by atoms with Gasteiger partial charge in [0.25, 0.3) is 5.22 Å². The van der Waals surface area contributed by atoms with Crippen molar-refractivity contribution in [1.82, 2.24) is 10.2 Å². The number of unbranched alkanes of at least 4 members (excludes halogenated alkanes) is 1. The Morgan fingerprint density at radius 2 is 1.78 bits per heavy atom. The summed E-state index contributed by atoms with van der Waals surface area (Å²) in [6.45, 7) is 2.17. The lowest BCUT2D eigenvalue weighted by molar-refractivity contribution is 0.466. The summed E-state index contributed by atoms with van der Waals surface area (Å²) in [5, 5.41) is 8.85. The number of nitrogens with zero attached hydrogens (tertiary/aromatic N) is 4. The molecule has 0 fully saturated rings. The lowest BCUT2D eigenvalue weighted by atomic mass is 10.2. The molecule has 0 atom stereocenters. The van der Waals surface area contributed by atoms with Gasteiger partial charge in [0.2, 0.25) is 5.89 Å². The van der Waals surface area contributed by atoms with Crippen LogP contribution in [0.15, 0.2) is 63.2 Å². The van der Waals surface area contributed by atoms with Crippen molar-refractivity contribution in [2.45, 2.75) is 25.0 Å². The first-order valence-corrected chi connectivity index (χ1v) is 10.0. The Bertz CT molecular complexity index is 870. The van der Waals surface area contributed by atoms with Crippen LogP contribution >= 0.6 is 11.8 Å². The molecule has 0 aliphatic carbocycles. The molecule has 0 aliphatic heterocycles. The molecule has 0 bridgehead atoms. The minimum absolute atomic E-state index is 0.545. The van der Waals surface area contributed by atoms with Crippen molar-refractivity contribution in [3.05, 3.63) is 54.1 Å². The molecule has 0 saturated heterocycles. The molecule has 0 aliphatic rings. The molecule has 5 nitrogen and oxygen atoms in total. The third-order valence-electron chi connectivity index (χ3n) is 4.02. The third-order valence-corrected chi connectivity index (χ3v) is 4.92. The second kappa shape index (κ2) is 9.37. The summed E-state index contributed by atoms with van der Waals surface area (Å²) >= 11 is 1.61. The van der Waals surface area contributed by atoms with Gasteiger partial charge in [-0.25, -0.2) is 0 Å². The smallest absolute Gasteiger partial charge is 0.276 e. The van der Waals surface area contributed by atoms with E-state index >= 15 is 0 Å². The molecule has 1 aromatic heterocycles. The van der Waals surface area contributed by atoms with Crippen LogP contribution in [0.5, 0.6) is 0 Å². The standard InChI is InChI=1S/C21H24N4OS/c1-4-5-14-27-21-24-23-20(26-21)17-8-10-18(11-9-17)22-15-16-6-12-19(13-7-16)25(2)3/h6-13,15H,4-5,14H2,1-3H3. The van der Waals surface area contributed by atoms with Crippen LogP contribution in [0, 0.1) is 0 Å². The van der Waals surface area contributed by atoms with Gasteiger partial charge in [-0.1, -0.05) is 37.2 Å². The van der Waals surface area contributed by atoms with Gasteiger partial charge in [-0.3, -0.25) is 4.99 Å². The summed E-state index contributed by atoms with van der Waals surface area (Å²) in [4.78, 5) is 6.61. The maximum Gasteiger partial charge on any atom is 0.276 e. The Morgan fingerprint density at radius 3 is 2.44 bits per heavy atom. The van der Waals surface area contributed by atoms with Gasteiger partial charge in [-0.05, 0) is 48.4 Å². The van der Waals surface area contributed by atoms with Crippen LogP contribution in [0.1, 0.15) is 25.3 Å². The Kier molecular flexibility index (Phi) is 6.65. The first-order chi connectivity index (χ1) is 13.2. The summed E-state index contributed by atoms with van der Waals surface area (Å²) < 4.78 is 5.71. The average Bonchev–Trinajstić information content (AvgIpc) is 3.16. The minimum atomic E-state index is 0.545. The second-order valence-electron chi connectivity index (χ2n) is 6.37. The molecule has 0 radical (unpaired) electrons. The zero-order chi connectivity index (χ0) is 19.1. The van der Waals surface area contributed by atoms with Gasteiger partial charge in [0.1, 0.15) is 0 Å². The zero-order valence-electron chi connectivity index (χ0n) is 15.9. The number of anilines is 1. The minimum Gasteiger partial charge on any atom is -0.411 e. The van der Waals surface area contributed by atoms with E-state index in [9.17, 15) is 0 Å². The molecule has 6 heteroatoms. The van der Waals surface area contributed by atoms with E-state index in [2.05, 4.69) is 51.3 Å². The summed E-state index contributed by atoms with van der Waals surface area (Å²) in [6, 6.07) is 16.1. The highest BCUT2D eigenvalue weighted by Crippen LogP contribution is 2.25. The predicted octanol–water partition coefficient (Wildman–Crippen LogP) is 5.45. The number of hydrogen-bond donors (Lipinski definition) is 0. The second-order valence-corrected chi connectivity index (χ2v) is 7.41. The number of thioether (sulfide) groups is 1. The molecule has 3 aromatic rings. The van der Waals surface area contributed by atoms with Crippen molar-refractivity contribution in [2.75, 3.05) is 24.7 Å². The highest BCUT2D eigenvalue weighted by Gasteiger charge is 2.08. The predicted molar refractivity (Wildman–Crippen MR) is 113 cm³/mol. The number of benzene rings is 2. The molecule has 0 spiro atoms. The fraction of sp³-hybridized carbons (Fsp3) is 0.286. The summed E-state index contributed by atoms with van der Waals surface area (Å²) in [6.07, 6.45) is 4.17. The maximum absolute atomic E-state index is 5.71. The molecule has 1 heterocycles. The van der Waals surface area contributed by atoms with Gasteiger partial charge in [-0.15, -0.1) is 10.2 Å². The van der Waals surface area contributed by atoms with Crippen molar-refractivity contribution >= 4 is 29.4 Å². The Morgan fingerprint density at radius 1 is 1.04 bits per heavy atom. The van der Waals surface area contributed by atoms with E-state index in [0.717, 1.165) is 35.4 Å². The number of aromatic nitrogens is 2. The van der Waals surface area contributed by atoms with Crippen molar-refractivity contribution in [3.63, 3.8) is 0 Å². The Hall–Kier alpha value is -2.60. The summed E-state index contributed by atoms with van der Waals surface area (Å²) in [7, 11) is 4.06. The highest BCUT2D eigenvalue weighted by atomic mass is 32.2. The van der Waals surface area contributed by atoms with E-state index in [1.807, 2.05) is 44.6 Å². The fourth-order valence-electron chi connectivity index (χ4n) is 2.39. The van der Waals surface area contributed by atoms with E-state index < -0.39 is 0 Å². The van der Waals surface area contributed by atoms with Gasteiger partial charge in [0.15, 0.2) is 0 Å². The van der Waals surface area contributed by atoms with Gasteiger partial charge >= 0.3 is 0 Å². The van der Waals surface area contributed by atoms with Crippen molar-refractivity contribution < 1.29 is 4.42 Å². The number of aliphatic imine (C=N–C) groups is 1. The largest absolute Gasteiger partial charge is 0.411 e. The summed E-state index contributed by atoms with van der Waals surface area (Å²) in [5.41, 5.74) is 4.02. The molecular formula is C21H24N4OS. The van der Waals surface area contributed by atoms with E-state index in [-0.39, 0.29) is 0 Å². The Balaban J connectivity index is 1.63. The van der Waals surface area contributed by atoms with Crippen molar-refractivity contribution in [2.24, 2.45) is 4.99 Å². The van der Waals surface area contributed by atoms with Crippen molar-refractivity contribution in [3.8, 4) is 11.5 Å². The molecule has 2 aromatic carbocycles. The molecule has 140 valence electrons. The van der Waals surface area contributed by atoms with Gasteiger partial charge in [0.05, 0.1) is 5.69 Å². The van der Waals surface area contributed by atoms with Crippen molar-refractivity contribution in [1.29, 1.82) is 0 Å². The SMILES string of the molecule is CCCCSc1nnc(-c2ccc(N=Cc3ccc(N(C)C)cc3)cc2)o1. The summed E-state index contributed by atoms with van der Waals surface area (Å²) in [5.74, 6) is 1.55. The monoisotopic (exact) mass is 380 g/mol. The van der Waals surface area contributed by atoms with E-state index in [1.54, 1.807) is 11.8 Å². The van der Waals surface area contributed by atoms with Crippen LogP contribution in [0.3, 0.4) is 0 Å². The normalized spacial score (nSPS) is 11.2. The van der Waals surface area contributed by atoms with Crippen LogP contribution in [0.25, 0.3) is 11.5 Å².